The van der Waals surface area contributed by atoms with E-state index in [1.54, 1.807) is 0 Å². The second-order valence-corrected chi connectivity index (χ2v) is 22.7. The van der Waals surface area contributed by atoms with E-state index in [9.17, 15) is 0 Å². The lowest BCUT2D eigenvalue weighted by Crippen LogP contribution is -2.65. The number of anilines is 5. The Morgan fingerprint density at radius 3 is 1.76 bits per heavy atom. The number of rotatable bonds is 2. The highest BCUT2D eigenvalue weighted by molar-refractivity contribution is 6.91. The lowest BCUT2D eigenvalue weighted by Gasteiger charge is -2.49. The van der Waals surface area contributed by atoms with Crippen molar-refractivity contribution in [3.8, 4) is 5.75 Å². The van der Waals surface area contributed by atoms with E-state index in [1.807, 2.05) is 0 Å². The molecular formula is C54H65BN2O. The van der Waals surface area contributed by atoms with Gasteiger partial charge in [-0.25, -0.2) is 0 Å². The van der Waals surface area contributed by atoms with Gasteiger partial charge in [0.2, 0.25) is 0 Å². The van der Waals surface area contributed by atoms with Crippen LogP contribution in [-0.4, -0.2) is 12.7 Å². The minimum Gasteiger partial charge on any atom is -0.495 e. The first-order valence-corrected chi connectivity index (χ1v) is 21.9. The first kappa shape index (κ1) is 39.0. The zero-order valence-electron chi connectivity index (χ0n) is 38.0. The molecule has 0 N–H and O–H groups in total. The van der Waals surface area contributed by atoms with Crippen LogP contribution in [0.3, 0.4) is 0 Å². The molecule has 3 heterocycles. The van der Waals surface area contributed by atoms with E-state index in [2.05, 4.69) is 199 Å². The van der Waals surface area contributed by atoms with Crippen molar-refractivity contribution in [2.24, 2.45) is 0 Å². The SMILES string of the molecule is Cc1cc2c3c(c1)N(c1ccc(C(C)(C)C)cc1)C1c4ccc(C(C)(C)C)cc4OC1B3c1cc(C(C)(C)C)ccc1N2c1cc2c(cc1C)C(C)(C)CCC2(C)C. The van der Waals surface area contributed by atoms with E-state index >= 15 is 0 Å². The van der Waals surface area contributed by atoms with Crippen molar-refractivity contribution in [1.82, 2.24) is 0 Å². The Morgan fingerprint density at radius 2 is 1.14 bits per heavy atom. The summed E-state index contributed by atoms with van der Waals surface area (Å²) in [7, 11) is 0. The first-order chi connectivity index (χ1) is 27.0. The molecule has 0 saturated heterocycles. The predicted octanol–water partition coefficient (Wildman–Crippen LogP) is 13.1. The summed E-state index contributed by atoms with van der Waals surface area (Å²) in [6.45, 7) is 35.3. The standard InChI is InChI=1S/C54H65BN2O/c1-32-26-44-47-45(27-32)57(43-31-40-39(28-33(43)2)53(12,13)24-25-54(40,14)15)42-23-19-35(51(6,7)8)29-41(42)55(47)49-48(38-22-18-36(52(9,10)11)30-46(38)58-49)56(44)37-20-16-34(17-21-37)50(3,4)5/h16-23,26-31,48-49H,24-25H2,1-15H3. The molecule has 1 aliphatic carbocycles. The van der Waals surface area contributed by atoms with Gasteiger partial charge >= 0.3 is 0 Å². The number of ether oxygens (including phenoxy) is 1. The highest BCUT2D eigenvalue weighted by Crippen LogP contribution is 2.55. The molecule has 5 aromatic rings. The van der Waals surface area contributed by atoms with Crippen molar-refractivity contribution < 1.29 is 4.74 Å². The molecular weight excluding hydrogens is 703 g/mol. The lowest BCUT2D eigenvalue weighted by molar-refractivity contribution is 0.282. The zero-order valence-corrected chi connectivity index (χ0v) is 38.0. The molecule has 0 fully saturated rings. The van der Waals surface area contributed by atoms with Crippen LogP contribution in [0.4, 0.5) is 28.4 Å². The van der Waals surface area contributed by atoms with Gasteiger partial charge in [0.1, 0.15) is 11.8 Å². The molecule has 4 heteroatoms. The molecule has 4 aliphatic rings. The summed E-state index contributed by atoms with van der Waals surface area (Å²) < 4.78 is 7.47. The highest BCUT2D eigenvalue weighted by atomic mass is 16.5. The van der Waals surface area contributed by atoms with Gasteiger partial charge in [-0.15, -0.1) is 0 Å². The topological polar surface area (TPSA) is 15.7 Å². The van der Waals surface area contributed by atoms with Gasteiger partial charge in [0, 0.05) is 34.0 Å². The Hall–Kier alpha value is -4.44. The van der Waals surface area contributed by atoms with Gasteiger partial charge in [0.05, 0.1) is 6.04 Å². The fraction of sp³-hybridized carbons (Fsp3) is 0.444. The molecule has 0 radical (unpaired) electrons. The normalized spacial score (nSPS) is 20.2. The largest absolute Gasteiger partial charge is 0.495 e. The summed E-state index contributed by atoms with van der Waals surface area (Å²) in [5, 5.41) is 0. The second kappa shape index (κ2) is 12.5. The van der Waals surface area contributed by atoms with Crippen LogP contribution < -0.4 is 25.5 Å². The van der Waals surface area contributed by atoms with Gasteiger partial charge in [-0.1, -0.05) is 132 Å². The van der Waals surface area contributed by atoms with Gasteiger partial charge in [-0.2, -0.15) is 0 Å². The number of fused-ring (bicyclic) bond motifs is 7. The maximum absolute atomic E-state index is 7.47. The Labute approximate surface area is 350 Å². The van der Waals surface area contributed by atoms with Crippen molar-refractivity contribution in [3.05, 3.63) is 129 Å². The average molecular weight is 769 g/mol. The predicted molar refractivity (Wildman–Crippen MR) is 249 cm³/mol. The van der Waals surface area contributed by atoms with E-state index in [1.165, 1.54) is 96.7 Å². The third kappa shape index (κ3) is 5.97. The monoisotopic (exact) mass is 769 g/mol. The van der Waals surface area contributed by atoms with Crippen molar-refractivity contribution in [2.45, 2.75) is 156 Å². The summed E-state index contributed by atoms with van der Waals surface area (Å²) in [5.41, 5.74) is 20.2. The van der Waals surface area contributed by atoms with Gasteiger partial charge in [0.25, 0.3) is 6.71 Å². The minimum atomic E-state index is -0.123. The molecule has 5 aromatic carbocycles. The maximum Gasteiger partial charge on any atom is 0.267 e. The van der Waals surface area contributed by atoms with Crippen LogP contribution in [0.15, 0.2) is 84.9 Å². The van der Waals surface area contributed by atoms with Crippen LogP contribution in [0.25, 0.3) is 0 Å². The fourth-order valence-electron chi connectivity index (χ4n) is 10.6. The number of nitrogens with zero attached hydrogens (tertiary/aromatic N) is 2. The molecule has 58 heavy (non-hydrogen) atoms. The molecule has 9 rings (SSSR count). The van der Waals surface area contributed by atoms with Crippen LogP contribution in [-0.2, 0) is 27.1 Å². The molecule has 0 bridgehead atoms. The molecule has 0 amide bonds. The van der Waals surface area contributed by atoms with Crippen LogP contribution in [0, 0.1) is 13.8 Å². The van der Waals surface area contributed by atoms with Gasteiger partial charge in [-0.05, 0) is 146 Å². The molecule has 0 aromatic heterocycles. The highest BCUT2D eigenvalue weighted by Gasteiger charge is 2.55. The molecule has 0 saturated carbocycles. The van der Waals surface area contributed by atoms with Crippen molar-refractivity contribution in [3.63, 3.8) is 0 Å². The Morgan fingerprint density at radius 1 is 0.586 bits per heavy atom. The number of hydrogen-bond acceptors (Lipinski definition) is 3. The number of aryl methyl sites for hydroxylation is 2. The van der Waals surface area contributed by atoms with E-state index in [4.69, 9.17) is 4.74 Å². The summed E-state index contributed by atoms with van der Waals surface area (Å²) in [5.74, 6) is 1.02. The molecule has 3 nitrogen and oxygen atoms in total. The van der Waals surface area contributed by atoms with E-state index in [-0.39, 0.29) is 45.8 Å². The van der Waals surface area contributed by atoms with Crippen molar-refractivity contribution in [1.29, 1.82) is 0 Å². The summed E-state index contributed by atoms with van der Waals surface area (Å²) in [6, 6.07) is 33.7. The Kier molecular flexibility index (Phi) is 8.44. The Bertz CT molecular complexity index is 2490. The zero-order chi connectivity index (χ0) is 41.6. The van der Waals surface area contributed by atoms with Gasteiger partial charge in [-0.3, -0.25) is 0 Å². The van der Waals surface area contributed by atoms with Crippen LogP contribution in [0.5, 0.6) is 5.75 Å². The quantitative estimate of drug-likeness (QED) is 0.166. The third-order valence-electron chi connectivity index (χ3n) is 14.4. The second-order valence-electron chi connectivity index (χ2n) is 22.7. The summed E-state index contributed by atoms with van der Waals surface area (Å²) >= 11 is 0. The van der Waals surface area contributed by atoms with E-state index in [0.29, 0.717) is 0 Å². The average Bonchev–Trinajstić information content (AvgIpc) is 3.51. The first-order valence-electron chi connectivity index (χ1n) is 21.9. The van der Waals surface area contributed by atoms with Gasteiger partial charge in [0.15, 0.2) is 0 Å². The minimum absolute atomic E-state index is 0.00265. The van der Waals surface area contributed by atoms with Crippen molar-refractivity contribution >= 4 is 46.1 Å². The van der Waals surface area contributed by atoms with Gasteiger partial charge < -0.3 is 14.5 Å². The summed E-state index contributed by atoms with van der Waals surface area (Å²) in [6.07, 6.45) is 2.39. The maximum atomic E-state index is 7.47. The number of hydrogen-bond donors (Lipinski definition) is 0. The molecule has 0 spiro atoms. The molecule has 2 unspecified atom stereocenters. The van der Waals surface area contributed by atoms with Crippen molar-refractivity contribution in [2.75, 3.05) is 9.80 Å². The Balaban J connectivity index is 1.35. The van der Waals surface area contributed by atoms with Crippen LogP contribution in [0.1, 0.15) is 153 Å². The molecule has 300 valence electrons. The lowest BCUT2D eigenvalue weighted by atomic mass is 9.32. The fourth-order valence-corrected chi connectivity index (χ4v) is 10.6. The van der Waals surface area contributed by atoms with Crippen LogP contribution >= 0.6 is 0 Å². The molecule has 2 atom stereocenters. The van der Waals surface area contributed by atoms with Crippen LogP contribution in [0.2, 0.25) is 0 Å². The summed E-state index contributed by atoms with van der Waals surface area (Å²) in [4.78, 5) is 5.28. The smallest absolute Gasteiger partial charge is 0.267 e. The third-order valence-corrected chi connectivity index (χ3v) is 14.4. The van der Waals surface area contributed by atoms with E-state index < -0.39 is 0 Å². The number of benzene rings is 5. The molecule has 3 aliphatic heterocycles. The van der Waals surface area contributed by atoms with E-state index in [0.717, 1.165) is 5.75 Å².